The maximum absolute atomic E-state index is 13.7. The first-order valence-electron chi connectivity index (χ1n) is 5.98. The smallest absolute Gasteiger partial charge is 0.276 e. The maximum Gasteiger partial charge on any atom is 0.276 e. The average molecular weight is 267 g/mol. The molecule has 1 aliphatic heterocycles. The molecule has 0 radical (unpaired) electrons. The quantitative estimate of drug-likeness (QED) is 0.544. The average Bonchev–Trinajstić information content (AvgIpc) is 2.82. The third-order valence-corrected chi connectivity index (χ3v) is 3.17. The fourth-order valence-corrected chi connectivity index (χ4v) is 2.07. The zero-order valence-corrected chi connectivity index (χ0v) is 10.1. The van der Waals surface area contributed by atoms with Crippen LogP contribution in [0.3, 0.4) is 0 Å². The summed E-state index contributed by atoms with van der Waals surface area (Å²) in [5.41, 5.74) is 1.58. The number of rotatable bonds is 4. The summed E-state index contributed by atoms with van der Waals surface area (Å²) >= 11 is 0. The minimum absolute atomic E-state index is 0.00307. The van der Waals surface area contributed by atoms with Crippen LogP contribution in [-0.2, 0) is 11.2 Å². The zero-order valence-electron chi connectivity index (χ0n) is 10.1. The van der Waals surface area contributed by atoms with Crippen LogP contribution in [0.2, 0.25) is 0 Å². The molecule has 19 heavy (non-hydrogen) atoms. The molecule has 0 saturated carbocycles. The molecule has 0 spiro atoms. The second kappa shape index (κ2) is 5.75. The number of nitrogens with one attached hydrogen (secondary N) is 2. The summed E-state index contributed by atoms with van der Waals surface area (Å²) < 4.78 is 13.7. The number of amides is 2. The third kappa shape index (κ3) is 3.05. The molecule has 0 aliphatic carbocycles. The number of halogens is 1. The molecule has 2 amide bonds. The van der Waals surface area contributed by atoms with Gasteiger partial charge in [-0.1, -0.05) is 0 Å². The van der Waals surface area contributed by atoms with E-state index in [0.717, 1.165) is 12.5 Å². The minimum Gasteiger partial charge on any atom is -0.356 e. The van der Waals surface area contributed by atoms with Crippen LogP contribution >= 0.6 is 0 Å². The van der Waals surface area contributed by atoms with Gasteiger partial charge in [-0.3, -0.25) is 19.8 Å². The lowest BCUT2D eigenvalue weighted by Crippen LogP contribution is -2.20. The molecule has 2 rings (SSSR count). The van der Waals surface area contributed by atoms with Crippen molar-refractivity contribution in [1.29, 1.82) is 0 Å². The largest absolute Gasteiger partial charge is 0.356 e. The van der Waals surface area contributed by atoms with Crippen molar-refractivity contribution in [2.75, 3.05) is 6.54 Å². The summed E-state index contributed by atoms with van der Waals surface area (Å²) in [6.07, 6.45) is 2.82. The van der Waals surface area contributed by atoms with Crippen LogP contribution in [0.15, 0.2) is 12.3 Å². The molecule has 1 fully saturated rings. The van der Waals surface area contributed by atoms with Gasteiger partial charge >= 0.3 is 0 Å². The Morgan fingerprint density at radius 1 is 1.63 bits per heavy atom. The van der Waals surface area contributed by atoms with Crippen LogP contribution in [0, 0.1) is 11.7 Å². The van der Waals surface area contributed by atoms with Crippen LogP contribution in [0.4, 0.5) is 4.39 Å². The van der Waals surface area contributed by atoms with Crippen molar-refractivity contribution in [2.24, 2.45) is 5.92 Å². The highest BCUT2D eigenvalue weighted by molar-refractivity contribution is 5.92. The van der Waals surface area contributed by atoms with E-state index in [9.17, 15) is 14.0 Å². The number of carbonyl (C=O) groups excluding carboxylic acids is 2. The number of pyridine rings is 1. The number of hydroxylamine groups is 1. The normalized spacial score (nSPS) is 18.2. The third-order valence-electron chi connectivity index (χ3n) is 3.17. The predicted octanol–water partition coefficient (Wildman–Crippen LogP) is 0.408. The van der Waals surface area contributed by atoms with Crippen LogP contribution in [-0.4, -0.2) is 28.6 Å². The van der Waals surface area contributed by atoms with Crippen LogP contribution in [0.5, 0.6) is 0 Å². The van der Waals surface area contributed by atoms with Gasteiger partial charge < -0.3 is 5.32 Å². The number of nitrogens with zero attached hydrogens (tertiary/aromatic N) is 1. The molecule has 1 saturated heterocycles. The highest BCUT2D eigenvalue weighted by atomic mass is 19.1. The number of carbonyl (C=O) groups is 2. The molecule has 7 heteroatoms. The molecule has 1 aromatic rings. The summed E-state index contributed by atoms with van der Waals surface area (Å²) in [4.78, 5) is 26.3. The zero-order chi connectivity index (χ0) is 13.8. The molecule has 1 aliphatic rings. The first kappa shape index (κ1) is 13.4. The van der Waals surface area contributed by atoms with Gasteiger partial charge in [0.25, 0.3) is 5.91 Å². The van der Waals surface area contributed by atoms with E-state index in [2.05, 4.69) is 10.3 Å². The Kier molecular flexibility index (Phi) is 4.06. The molecular weight excluding hydrogens is 253 g/mol. The van der Waals surface area contributed by atoms with Crippen molar-refractivity contribution in [2.45, 2.75) is 19.3 Å². The highest BCUT2D eigenvalue weighted by Gasteiger charge is 2.24. The van der Waals surface area contributed by atoms with Crippen LogP contribution in [0.25, 0.3) is 0 Å². The first-order valence-corrected chi connectivity index (χ1v) is 5.98. The highest BCUT2D eigenvalue weighted by Crippen LogP contribution is 2.18. The van der Waals surface area contributed by atoms with Gasteiger partial charge in [0.05, 0.1) is 11.3 Å². The predicted molar refractivity (Wildman–Crippen MR) is 62.9 cm³/mol. The van der Waals surface area contributed by atoms with E-state index in [4.69, 9.17) is 5.21 Å². The molecule has 6 nitrogen and oxygen atoms in total. The molecule has 102 valence electrons. The van der Waals surface area contributed by atoms with Gasteiger partial charge in [-0.05, 0) is 25.3 Å². The summed E-state index contributed by atoms with van der Waals surface area (Å²) in [7, 11) is 0. The SMILES string of the molecule is O=C(NO)c1cnc(CC[C@H]2CCNC2=O)c(F)c1. The Labute approximate surface area is 109 Å². The van der Waals surface area contributed by atoms with Gasteiger partial charge in [0.2, 0.25) is 5.91 Å². The molecule has 1 aromatic heterocycles. The van der Waals surface area contributed by atoms with Gasteiger partial charge in [-0.2, -0.15) is 0 Å². The molecule has 0 unspecified atom stereocenters. The molecule has 0 bridgehead atoms. The van der Waals surface area contributed by atoms with E-state index >= 15 is 0 Å². The Morgan fingerprint density at radius 2 is 2.42 bits per heavy atom. The van der Waals surface area contributed by atoms with E-state index in [-0.39, 0.29) is 23.1 Å². The lowest BCUT2D eigenvalue weighted by Gasteiger charge is -2.07. The maximum atomic E-state index is 13.7. The monoisotopic (exact) mass is 267 g/mol. The van der Waals surface area contributed by atoms with Gasteiger partial charge in [-0.25, -0.2) is 9.87 Å². The number of aryl methyl sites for hydroxylation is 1. The molecule has 1 atom stereocenters. The lowest BCUT2D eigenvalue weighted by atomic mass is 10.00. The minimum atomic E-state index is -0.812. The Bertz CT molecular complexity index is 507. The summed E-state index contributed by atoms with van der Waals surface area (Å²) in [5, 5.41) is 11.1. The molecule has 0 aromatic carbocycles. The van der Waals surface area contributed by atoms with E-state index in [1.165, 1.54) is 11.7 Å². The Morgan fingerprint density at radius 3 is 3.00 bits per heavy atom. The van der Waals surface area contributed by atoms with Gasteiger partial charge in [-0.15, -0.1) is 0 Å². The van der Waals surface area contributed by atoms with Crippen molar-refractivity contribution in [1.82, 2.24) is 15.8 Å². The number of aromatic nitrogens is 1. The van der Waals surface area contributed by atoms with Gasteiger partial charge in [0.15, 0.2) is 0 Å². The standard InChI is InChI=1S/C12H14FN3O3/c13-9-5-8(12(18)16-19)6-15-10(9)2-1-7-3-4-14-11(7)17/h5-7,19H,1-4H2,(H,14,17)(H,16,18)/t7-/m0/s1. The number of hydrogen-bond donors (Lipinski definition) is 3. The fraction of sp³-hybridized carbons (Fsp3) is 0.417. The van der Waals surface area contributed by atoms with Crippen molar-refractivity contribution in [3.8, 4) is 0 Å². The second-order valence-corrected chi connectivity index (χ2v) is 4.41. The Balaban J connectivity index is 2.01. The summed E-state index contributed by atoms with van der Waals surface area (Å²) in [6, 6.07) is 1.02. The van der Waals surface area contributed by atoms with Crippen molar-refractivity contribution in [3.63, 3.8) is 0 Å². The summed E-state index contributed by atoms with van der Waals surface area (Å²) in [5.74, 6) is -1.52. The molecular formula is C12H14FN3O3. The van der Waals surface area contributed by atoms with E-state index < -0.39 is 11.7 Å². The van der Waals surface area contributed by atoms with E-state index in [0.29, 0.717) is 19.4 Å². The number of hydrogen-bond acceptors (Lipinski definition) is 4. The topological polar surface area (TPSA) is 91.3 Å². The second-order valence-electron chi connectivity index (χ2n) is 4.41. The van der Waals surface area contributed by atoms with Gasteiger partial charge in [0, 0.05) is 18.7 Å². The van der Waals surface area contributed by atoms with E-state index in [1.807, 2.05) is 0 Å². The van der Waals surface area contributed by atoms with Gasteiger partial charge in [0.1, 0.15) is 5.82 Å². The van der Waals surface area contributed by atoms with Crippen molar-refractivity contribution in [3.05, 3.63) is 29.3 Å². The molecule has 3 N–H and O–H groups in total. The lowest BCUT2D eigenvalue weighted by molar-refractivity contribution is -0.122. The van der Waals surface area contributed by atoms with Crippen molar-refractivity contribution >= 4 is 11.8 Å². The van der Waals surface area contributed by atoms with Crippen molar-refractivity contribution < 1.29 is 19.2 Å². The van der Waals surface area contributed by atoms with Crippen LogP contribution < -0.4 is 10.8 Å². The molecule has 2 heterocycles. The Hall–Kier alpha value is -2.02. The summed E-state index contributed by atoms with van der Waals surface area (Å²) in [6.45, 7) is 0.662. The van der Waals surface area contributed by atoms with E-state index in [1.54, 1.807) is 0 Å². The van der Waals surface area contributed by atoms with Crippen LogP contribution in [0.1, 0.15) is 28.9 Å². The fourth-order valence-electron chi connectivity index (χ4n) is 2.07. The first-order chi connectivity index (χ1) is 9.11.